The van der Waals surface area contributed by atoms with Crippen LogP contribution in [0.5, 0.6) is 11.5 Å². The fourth-order valence-electron chi connectivity index (χ4n) is 4.96. The summed E-state index contributed by atoms with van der Waals surface area (Å²) in [6.45, 7) is 11.3. The van der Waals surface area contributed by atoms with Gasteiger partial charge in [-0.05, 0) is 43.7 Å². The number of hydrogen-bond acceptors (Lipinski definition) is 8. The van der Waals surface area contributed by atoms with Crippen molar-refractivity contribution in [1.82, 2.24) is 25.0 Å². The summed E-state index contributed by atoms with van der Waals surface area (Å²) >= 11 is 5.82. The predicted molar refractivity (Wildman–Crippen MR) is 145 cm³/mol. The Balaban J connectivity index is 1.22. The van der Waals surface area contributed by atoms with Gasteiger partial charge < -0.3 is 34.1 Å². The Morgan fingerprint density at radius 3 is 2.30 bits per heavy atom. The topological polar surface area (TPSA) is 91.5 Å². The minimum atomic E-state index is -0.111. The minimum Gasteiger partial charge on any atom is -0.454 e. The van der Waals surface area contributed by atoms with E-state index in [1.165, 1.54) is 0 Å². The number of pyridine rings is 1. The maximum absolute atomic E-state index is 13.0. The van der Waals surface area contributed by atoms with Gasteiger partial charge >= 0.3 is 0 Å². The maximum Gasteiger partial charge on any atom is 0.253 e. The number of thiocarbonyl (C=S) groups is 1. The molecule has 4 heterocycles. The normalized spacial score (nSPS) is 18.3. The maximum atomic E-state index is 13.0. The van der Waals surface area contributed by atoms with Crippen molar-refractivity contribution in [2.45, 2.75) is 19.4 Å². The van der Waals surface area contributed by atoms with Gasteiger partial charge in [0.1, 0.15) is 0 Å². The Kier molecular flexibility index (Phi) is 9.11. The predicted octanol–water partition coefficient (Wildman–Crippen LogP) is 1.38. The highest BCUT2D eigenvalue weighted by Crippen LogP contribution is 2.35. The molecule has 202 valence electrons. The molecule has 0 bridgehead atoms. The molecular weight excluding hydrogens is 494 g/mol. The molecule has 37 heavy (non-hydrogen) atoms. The van der Waals surface area contributed by atoms with E-state index in [0.29, 0.717) is 28.7 Å². The number of rotatable bonds is 10. The standard InChI is InChI=1S/C26H37N5O5S/c32-25-21(15-20-16-23-24(36-19-35-23)17-22(20)28-25)18-31(6-2-5-30-9-13-34-14-10-30)26(37)27-3-1-4-29-7-11-33-12-8-29/h15-17H,1-14,18-19H2,(H,27,37)(H,28,32). The zero-order valence-corrected chi connectivity index (χ0v) is 22.2. The van der Waals surface area contributed by atoms with E-state index in [0.717, 1.165) is 103 Å². The smallest absolute Gasteiger partial charge is 0.253 e. The summed E-state index contributed by atoms with van der Waals surface area (Å²) in [6.07, 6.45) is 1.96. The quantitative estimate of drug-likeness (QED) is 0.346. The van der Waals surface area contributed by atoms with Crippen molar-refractivity contribution in [3.8, 4) is 11.5 Å². The third-order valence-corrected chi connectivity index (χ3v) is 7.50. The Morgan fingerprint density at radius 1 is 0.946 bits per heavy atom. The van der Waals surface area contributed by atoms with E-state index in [4.69, 9.17) is 31.2 Å². The van der Waals surface area contributed by atoms with Crippen LogP contribution in [-0.4, -0.2) is 110 Å². The van der Waals surface area contributed by atoms with Crippen LogP contribution in [0.1, 0.15) is 18.4 Å². The summed E-state index contributed by atoms with van der Waals surface area (Å²) in [4.78, 5) is 23.0. The van der Waals surface area contributed by atoms with Gasteiger partial charge in [0.25, 0.3) is 5.56 Å². The van der Waals surface area contributed by atoms with Crippen molar-refractivity contribution in [3.05, 3.63) is 34.1 Å². The number of nitrogens with zero attached hydrogens (tertiary/aromatic N) is 3. The number of aromatic nitrogens is 1. The van der Waals surface area contributed by atoms with E-state index in [-0.39, 0.29) is 12.4 Å². The molecule has 0 amide bonds. The van der Waals surface area contributed by atoms with Crippen LogP contribution in [0.3, 0.4) is 0 Å². The van der Waals surface area contributed by atoms with E-state index < -0.39 is 0 Å². The summed E-state index contributed by atoms with van der Waals surface area (Å²) in [5.74, 6) is 1.36. The number of H-pyrrole nitrogens is 1. The van der Waals surface area contributed by atoms with E-state index in [9.17, 15) is 4.79 Å². The highest BCUT2D eigenvalue weighted by molar-refractivity contribution is 7.80. The molecule has 11 heteroatoms. The van der Waals surface area contributed by atoms with Gasteiger partial charge in [-0.25, -0.2) is 0 Å². The number of benzene rings is 1. The van der Waals surface area contributed by atoms with Crippen molar-refractivity contribution in [2.24, 2.45) is 0 Å². The number of morpholine rings is 2. The highest BCUT2D eigenvalue weighted by atomic mass is 32.1. The monoisotopic (exact) mass is 531 g/mol. The summed E-state index contributed by atoms with van der Waals surface area (Å²) < 4.78 is 21.9. The Morgan fingerprint density at radius 2 is 1.59 bits per heavy atom. The molecule has 3 aliphatic heterocycles. The van der Waals surface area contributed by atoms with Crippen LogP contribution in [0.25, 0.3) is 10.9 Å². The van der Waals surface area contributed by atoms with Gasteiger partial charge in [0, 0.05) is 62.8 Å². The summed E-state index contributed by atoms with van der Waals surface area (Å²) in [6, 6.07) is 5.68. The van der Waals surface area contributed by atoms with E-state index in [2.05, 4.69) is 25.0 Å². The van der Waals surface area contributed by atoms with Crippen LogP contribution < -0.4 is 20.3 Å². The molecule has 2 N–H and O–H groups in total. The molecule has 3 aliphatic rings. The van der Waals surface area contributed by atoms with Gasteiger partial charge in [-0.2, -0.15) is 0 Å². The molecule has 0 unspecified atom stereocenters. The second kappa shape index (κ2) is 12.9. The highest BCUT2D eigenvalue weighted by Gasteiger charge is 2.18. The molecule has 1 aromatic heterocycles. The van der Waals surface area contributed by atoms with Crippen molar-refractivity contribution >= 4 is 28.2 Å². The Hall–Kier alpha value is -2.44. The second-order valence-electron chi connectivity index (χ2n) is 9.69. The fourth-order valence-corrected chi connectivity index (χ4v) is 5.22. The number of fused-ring (bicyclic) bond motifs is 2. The molecule has 2 fully saturated rings. The van der Waals surface area contributed by atoms with E-state index >= 15 is 0 Å². The summed E-state index contributed by atoms with van der Waals surface area (Å²) in [5, 5.41) is 5.04. The number of hydrogen-bond donors (Lipinski definition) is 2. The molecule has 1 aromatic carbocycles. The molecule has 10 nitrogen and oxygen atoms in total. The first-order chi connectivity index (χ1) is 18.2. The molecule has 0 radical (unpaired) electrons. The van der Waals surface area contributed by atoms with Crippen molar-refractivity contribution < 1.29 is 18.9 Å². The molecule has 2 aromatic rings. The first-order valence-corrected chi connectivity index (χ1v) is 13.6. The molecule has 0 aliphatic carbocycles. The lowest BCUT2D eigenvalue weighted by atomic mass is 10.1. The zero-order chi connectivity index (χ0) is 25.5. The second-order valence-corrected chi connectivity index (χ2v) is 10.1. The first-order valence-electron chi connectivity index (χ1n) is 13.2. The zero-order valence-electron chi connectivity index (χ0n) is 21.3. The number of nitrogens with one attached hydrogen (secondary N) is 2. The van der Waals surface area contributed by atoms with Gasteiger partial charge in [-0.3, -0.25) is 14.6 Å². The third kappa shape index (κ3) is 7.11. The number of ether oxygens (including phenoxy) is 4. The van der Waals surface area contributed by atoms with Crippen LogP contribution in [0, 0.1) is 0 Å². The Labute approximate surface area is 222 Å². The first kappa shape index (κ1) is 26.2. The SMILES string of the molecule is O=c1[nH]c2cc3c(cc2cc1CN(CCCN1CCOCC1)C(=S)NCCCN1CCOCC1)OCO3. The van der Waals surface area contributed by atoms with Crippen LogP contribution in [0.4, 0.5) is 0 Å². The van der Waals surface area contributed by atoms with Crippen molar-refractivity contribution in [1.29, 1.82) is 0 Å². The van der Waals surface area contributed by atoms with E-state index in [1.807, 2.05) is 18.2 Å². The minimum absolute atomic E-state index is 0.111. The molecule has 5 rings (SSSR count). The van der Waals surface area contributed by atoms with Gasteiger partial charge in [0.2, 0.25) is 6.79 Å². The molecule has 0 spiro atoms. The van der Waals surface area contributed by atoms with Gasteiger partial charge in [0.05, 0.1) is 38.5 Å². The molecule has 0 atom stereocenters. The van der Waals surface area contributed by atoms with Crippen LogP contribution in [0.15, 0.2) is 23.0 Å². The van der Waals surface area contributed by atoms with E-state index in [1.54, 1.807) is 0 Å². The average molecular weight is 532 g/mol. The van der Waals surface area contributed by atoms with Gasteiger partial charge in [-0.1, -0.05) is 0 Å². The third-order valence-electron chi connectivity index (χ3n) is 7.10. The Bertz CT molecular complexity index is 1120. The summed E-state index contributed by atoms with van der Waals surface area (Å²) in [5.41, 5.74) is 1.30. The van der Waals surface area contributed by atoms with Crippen LogP contribution in [-0.2, 0) is 16.0 Å². The fraction of sp³-hybridized carbons (Fsp3) is 0.615. The molecule has 0 saturated carbocycles. The average Bonchev–Trinajstić information content (AvgIpc) is 3.38. The summed E-state index contributed by atoms with van der Waals surface area (Å²) in [7, 11) is 0. The number of aromatic amines is 1. The van der Waals surface area contributed by atoms with Crippen molar-refractivity contribution in [3.63, 3.8) is 0 Å². The lowest BCUT2D eigenvalue weighted by molar-refractivity contribution is 0.0367. The van der Waals surface area contributed by atoms with Crippen LogP contribution in [0.2, 0.25) is 0 Å². The largest absolute Gasteiger partial charge is 0.454 e. The molecular formula is C26H37N5O5S. The van der Waals surface area contributed by atoms with Crippen molar-refractivity contribution in [2.75, 3.05) is 85.6 Å². The lowest BCUT2D eigenvalue weighted by Crippen LogP contribution is -2.43. The molecule has 2 saturated heterocycles. The van der Waals surface area contributed by atoms with Gasteiger partial charge in [0.15, 0.2) is 16.6 Å². The van der Waals surface area contributed by atoms with Gasteiger partial charge in [-0.15, -0.1) is 0 Å². The van der Waals surface area contributed by atoms with Crippen LogP contribution >= 0.6 is 12.2 Å². The lowest BCUT2D eigenvalue weighted by Gasteiger charge is -2.30.